The molecule has 1 N–H and O–H groups in total. The molecule has 1 aliphatic heterocycles. The van der Waals surface area contributed by atoms with Crippen molar-refractivity contribution in [2.75, 3.05) is 11.9 Å². The van der Waals surface area contributed by atoms with Crippen LogP contribution in [0.2, 0.25) is 0 Å². The molecule has 1 fully saturated rings. The molecule has 3 rings (SSSR count). The molecule has 4 nitrogen and oxygen atoms in total. The highest BCUT2D eigenvalue weighted by molar-refractivity contribution is 5.88. The fourth-order valence-corrected chi connectivity index (χ4v) is 3.28. The first-order valence-corrected chi connectivity index (χ1v) is 8.44. The first-order chi connectivity index (χ1) is 12.0. The molecule has 0 saturated carbocycles. The number of likely N-dealkylation sites (tertiary alicyclic amines) is 1. The fourth-order valence-electron chi connectivity index (χ4n) is 3.28. The summed E-state index contributed by atoms with van der Waals surface area (Å²) >= 11 is 0. The van der Waals surface area contributed by atoms with Crippen LogP contribution in [0.4, 0.5) is 10.1 Å². The topological polar surface area (TPSA) is 49.4 Å². The van der Waals surface area contributed by atoms with Crippen LogP contribution in [0.15, 0.2) is 48.5 Å². The molecule has 0 aliphatic carbocycles. The zero-order chi connectivity index (χ0) is 17.8. The van der Waals surface area contributed by atoms with E-state index in [9.17, 15) is 14.0 Å². The van der Waals surface area contributed by atoms with Crippen LogP contribution in [-0.4, -0.2) is 23.3 Å². The number of halogens is 1. The molecule has 1 aliphatic rings. The average Bonchev–Trinajstić information content (AvgIpc) is 3.06. The maximum absolute atomic E-state index is 13.1. The van der Waals surface area contributed by atoms with Crippen molar-refractivity contribution >= 4 is 17.5 Å². The number of amides is 2. The number of benzene rings is 2. The summed E-state index contributed by atoms with van der Waals surface area (Å²) in [6, 6.07) is 13.7. The zero-order valence-electron chi connectivity index (χ0n) is 14.2. The van der Waals surface area contributed by atoms with Crippen molar-refractivity contribution in [3.8, 4) is 0 Å². The minimum atomic E-state index is -0.265. The van der Waals surface area contributed by atoms with Gasteiger partial charge in [-0.3, -0.25) is 9.59 Å². The van der Waals surface area contributed by atoms with Gasteiger partial charge in [0.2, 0.25) is 11.8 Å². The minimum Gasteiger partial charge on any atom is -0.335 e. The fraction of sp³-hybridized carbons (Fsp3) is 0.300. The van der Waals surface area contributed by atoms with Gasteiger partial charge in [0.1, 0.15) is 5.82 Å². The zero-order valence-corrected chi connectivity index (χ0v) is 14.2. The second kappa shape index (κ2) is 7.47. The molecule has 5 heteroatoms. The SMILES string of the molecule is CC(=O)Nc1ccc(CC(=O)N2CCC[C@@H]2c2ccc(F)cc2)cc1. The number of carbonyl (C=O) groups is 2. The van der Waals surface area contributed by atoms with E-state index < -0.39 is 0 Å². The number of hydrogen-bond donors (Lipinski definition) is 1. The van der Waals surface area contributed by atoms with Gasteiger partial charge in [-0.15, -0.1) is 0 Å². The summed E-state index contributed by atoms with van der Waals surface area (Å²) in [5.41, 5.74) is 2.60. The van der Waals surface area contributed by atoms with Crippen LogP contribution in [0.1, 0.15) is 36.9 Å². The van der Waals surface area contributed by atoms with Gasteiger partial charge in [0, 0.05) is 19.2 Å². The molecule has 0 radical (unpaired) electrons. The maximum atomic E-state index is 13.1. The van der Waals surface area contributed by atoms with E-state index in [-0.39, 0.29) is 23.7 Å². The summed E-state index contributed by atoms with van der Waals surface area (Å²) in [5.74, 6) is -0.319. The van der Waals surface area contributed by atoms with Crippen LogP contribution in [0, 0.1) is 5.82 Å². The molecule has 1 saturated heterocycles. The molecule has 1 heterocycles. The quantitative estimate of drug-likeness (QED) is 0.923. The van der Waals surface area contributed by atoms with E-state index in [4.69, 9.17) is 0 Å². The molecule has 0 unspecified atom stereocenters. The van der Waals surface area contributed by atoms with Crippen molar-refractivity contribution in [1.82, 2.24) is 4.90 Å². The van der Waals surface area contributed by atoms with Crippen LogP contribution < -0.4 is 5.32 Å². The monoisotopic (exact) mass is 340 g/mol. The molecular weight excluding hydrogens is 319 g/mol. The van der Waals surface area contributed by atoms with E-state index in [0.717, 1.165) is 30.5 Å². The smallest absolute Gasteiger partial charge is 0.227 e. The van der Waals surface area contributed by atoms with Crippen molar-refractivity contribution in [2.24, 2.45) is 0 Å². The predicted molar refractivity (Wildman–Crippen MR) is 94.5 cm³/mol. The molecule has 2 aromatic carbocycles. The first kappa shape index (κ1) is 17.1. The van der Waals surface area contributed by atoms with Crippen molar-refractivity contribution in [1.29, 1.82) is 0 Å². The Labute approximate surface area is 146 Å². The highest BCUT2D eigenvalue weighted by Gasteiger charge is 2.29. The number of nitrogens with one attached hydrogen (secondary N) is 1. The van der Waals surface area contributed by atoms with E-state index in [1.807, 2.05) is 17.0 Å². The number of hydrogen-bond acceptors (Lipinski definition) is 2. The number of rotatable bonds is 4. The Morgan fingerprint density at radius 2 is 1.80 bits per heavy atom. The summed E-state index contributed by atoms with van der Waals surface area (Å²) in [7, 11) is 0. The number of carbonyl (C=O) groups excluding carboxylic acids is 2. The molecule has 0 spiro atoms. The van der Waals surface area contributed by atoms with Crippen LogP contribution in [0.25, 0.3) is 0 Å². The predicted octanol–water partition coefficient (Wildman–Crippen LogP) is 3.69. The van der Waals surface area contributed by atoms with E-state index in [1.165, 1.54) is 19.1 Å². The Bertz CT molecular complexity index is 756. The van der Waals surface area contributed by atoms with Gasteiger partial charge in [-0.05, 0) is 48.2 Å². The van der Waals surface area contributed by atoms with Gasteiger partial charge >= 0.3 is 0 Å². The van der Waals surface area contributed by atoms with Crippen molar-refractivity contribution in [3.05, 3.63) is 65.5 Å². The van der Waals surface area contributed by atoms with Gasteiger partial charge < -0.3 is 10.2 Å². The normalized spacial score (nSPS) is 16.7. The van der Waals surface area contributed by atoms with Crippen LogP contribution >= 0.6 is 0 Å². The van der Waals surface area contributed by atoms with Gasteiger partial charge in [-0.1, -0.05) is 24.3 Å². The van der Waals surface area contributed by atoms with Crippen LogP contribution in [0.5, 0.6) is 0 Å². The maximum Gasteiger partial charge on any atom is 0.227 e. The lowest BCUT2D eigenvalue weighted by molar-refractivity contribution is -0.131. The Kier molecular flexibility index (Phi) is 5.12. The van der Waals surface area contributed by atoms with E-state index in [2.05, 4.69) is 5.32 Å². The molecule has 25 heavy (non-hydrogen) atoms. The third-order valence-electron chi connectivity index (χ3n) is 4.46. The third kappa shape index (κ3) is 4.24. The van der Waals surface area contributed by atoms with Crippen molar-refractivity contribution in [3.63, 3.8) is 0 Å². The molecule has 2 amide bonds. The lowest BCUT2D eigenvalue weighted by atomic mass is 10.0. The molecule has 130 valence electrons. The standard InChI is InChI=1S/C20H21FN2O2/c1-14(24)22-18-10-4-15(5-11-18)13-20(25)23-12-2-3-19(23)16-6-8-17(21)9-7-16/h4-11,19H,2-3,12-13H2,1H3,(H,22,24)/t19-/m1/s1. The van der Waals surface area contributed by atoms with Crippen LogP contribution in [0.3, 0.4) is 0 Å². The molecule has 0 bridgehead atoms. The second-order valence-electron chi connectivity index (χ2n) is 6.35. The Morgan fingerprint density at radius 3 is 2.44 bits per heavy atom. The summed E-state index contributed by atoms with van der Waals surface area (Å²) in [4.78, 5) is 25.6. The molecule has 0 aromatic heterocycles. The summed E-state index contributed by atoms with van der Waals surface area (Å²) in [6.07, 6.45) is 2.17. The lowest BCUT2D eigenvalue weighted by Crippen LogP contribution is -2.31. The van der Waals surface area contributed by atoms with Crippen molar-refractivity contribution in [2.45, 2.75) is 32.2 Å². The Morgan fingerprint density at radius 1 is 1.12 bits per heavy atom. The Hall–Kier alpha value is -2.69. The van der Waals surface area contributed by atoms with Crippen molar-refractivity contribution < 1.29 is 14.0 Å². The number of anilines is 1. The average molecular weight is 340 g/mol. The summed E-state index contributed by atoms with van der Waals surface area (Å²) < 4.78 is 13.1. The highest BCUT2D eigenvalue weighted by atomic mass is 19.1. The van der Waals surface area contributed by atoms with E-state index >= 15 is 0 Å². The van der Waals surface area contributed by atoms with E-state index in [1.54, 1.807) is 24.3 Å². The molecule has 1 atom stereocenters. The molecular formula is C20H21FN2O2. The summed E-state index contributed by atoms with van der Waals surface area (Å²) in [6.45, 7) is 2.19. The summed E-state index contributed by atoms with van der Waals surface area (Å²) in [5, 5.41) is 2.71. The van der Waals surface area contributed by atoms with Gasteiger partial charge in [-0.2, -0.15) is 0 Å². The van der Waals surface area contributed by atoms with E-state index in [0.29, 0.717) is 12.1 Å². The second-order valence-corrected chi connectivity index (χ2v) is 6.35. The Balaban J connectivity index is 1.67. The largest absolute Gasteiger partial charge is 0.335 e. The number of nitrogens with zero attached hydrogens (tertiary/aromatic N) is 1. The highest BCUT2D eigenvalue weighted by Crippen LogP contribution is 2.32. The van der Waals surface area contributed by atoms with Gasteiger partial charge in [0.25, 0.3) is 0 Å². The first-order valence-electron chi connectivity index (χ1n) is 8.44. The molecule has 2 aromatic rings. The minimum absolute atomic E-state index is 0.0201. The van der Waals surface area contributed by atoms with Gasteiger partial charge in [0.15, 0.2) is 0 Å². The van der Waals surface area contributed by atoms with Crippen LogP contribution in [-0.2, 0) is 16.0 Å². The van der Waals surface area contributed by atoms with Gasteiger partial charge in [-0.25, -0.2) is 4.39 Å². The third-order valence-corrected chi connectivity index (χ3v) is 4.46. The lowest BCUT2D eigenvalue weighted by Gasteiger charge is -2.25. The van der Waals surface area contributed by atoms with Gasteiger partial charge in [0.05, 0.1) is 12.5 Å².